The van der Waals surface area contributed by atoms with Gasteiger partial charge in [0, 0.05) is 6.42 Å². The molecular weight excluding hydrogens is 210 g/mol. The second-order valence-corrected chi connectivity index (χ2v) is 4.51. The van der Waals surface area contributed by atoms with E-state index in [0.717, 1.165) is 12.2 Å². The summed E-state index contributed by atoms with van der Waals surface area (Å²) < 4.78 is 5.58. The highest BCUT2D eigenvalue weighted by Crippen LogP contribution is 2.29. The molecule has 0 bridgehead atoms. The van der Waals surface area contributed by atoms with Crippen molar-refractivity contribution in [3.63, 3.8) is 0 Å². The molecule has 0 aromatic heterocycles. The molecule has 2 heteroatoms. The van der Waals surface area contributed by atoms with Crippen LogP contribution in [-0.4, -0.2) is 6.61 Å². The summed E-state index contributed by atoms with van der Waals surface area (Å²) in [7, 11) is 0. The van der Waals surface area contributed by atoms with E-state index < -0.39 is 0 Å². The molecule has 2 nitrogen and oxygen atoms in total. The van der Waals surface area contributed by atoms with Gasteiger partial charge < -0.3 is 4.74 Å². The van der Waals surface area contributed by atoms with Crippen LogP contribution >= 0.6 is 0 Å². The first-order chi connectivity index (χ1) is 8.10. The van der Waals surface area contributed by atoms with E-state index in [1.54, 1.807) is 0 Å². The van der Waals surface area contributed by atoms with Crippen LogP contribution < -0.4 is 4.74 Å². The lowest BCUT2D eigenvalue weighted by Gasteiger charge is -2.17. The van der Waals surface area contributed by atoms with Crippen molar-refractivity contribution in [1.82, 2.24) is 0 Å². The molecule has 0 saturated heterocycles. The summed E-state index contributed by atoms with van der Waals surface area (Å²) in [6, 6.07) is 6.51. The zero-order chi connectivity index (χ0) is 12.8. The van der Waals surface area contributed by atoms with Crippen molar-refractivity contribution >= 4 is 0 Å². The molecular formula is C15H21NO. The largest absolute Gasteiger partial charge is 0.494 e. The van der Waals surface area contributed by atoms with Gasteiger partial charge in [-0.1, -0.05) is 13.0 Å². The van der Waals surface area contributed by atoms with Crippen LogP contribution in [0.3, 0.4) is 0 Å². The fraction of sp³-hybridized carbons (Fsp3) is 0.533. The lowest BCUT2D eigenvalue weighted by Crippen LogP contribution is -2.01. The monoisotopic (exact) mass is 231 g/mol. The van der Waals surface area contributed by atoms with E-state index in [-0.39, 0.29) is 0 Å². The van der Waals surface area contributed by atoms with Crippen molar-refractivity contribution in [1.29, 1.82) is 5.26 Å². The maximum absolute atomic E-state index is 8.63. The molecule has 92 valence electrons. The van der Waals surface area contributed by atoms with Crippen molar-refractivity contribution in [2.75, 3.05) is 6.61 Å². The first-order valence-corrected chi connectivity index (χ1v) is 6.21. The van der Waals surface area contributed by atoms with Crippen LogP contribution in [0, 0.1) is 25.2 Å². The minimum absolute atomic E-state index is 0.434. The smallest absolute Gasteiger partial charge is 0.122 e. The van der Waals surface area contributed by atoms with Crippen LogP contribution in [-0.2, 0) is 0 Å². The van der Waals surface area contributed by atoms with Crippen molar-refractivity contribution in [3.8, 4) is 11.8 Å². The average molecular weight is 231 g/mol. The van der Waals surface area contributed by atoms with Gasteiger partial charge in [0.1, 0.15) is 5.75 Å². The van der Waals surface area contributed by atoms with Crippen molar-refractivity contribution in [2.24, 2.45) is 0 Å². The summed E-state index contributed by atoms with van der Waals surface area (Å²) in [5.74, 6) is 1.41. The molecule has 1 aromatic rings. The van der Waals surface area contributed by atoms with E-state index in [1.165, 1.54) is 16.7 Å². The van der Waals surface area contributed by atoms with E-state index in [2.05, 4.69) is 39.0 Å². The topological polar surface area (TPSA) is 33.0 Å². The molecule has 1 unspecified atom stereocenters. The Bertz CT molecular complexity index is 418. The number of benzene rings is 1. The number of nitrogens with zero attached hydrogens (tertiary/aromatic N) is 1. The minimum atomic E-state index is 0.434. The predicted molar refractivity (Wildman–Crippen MR) is 70.3 cm³/mol. The van der Waals surface area contributed by atoms with Crippen molar-refractivity contribution in [2.45, 2.75) is 46.5 Å². The fourth-order valence-electron chi connectivity index (χ4n) is 2.09. The Labute approximate surface area is 104 Å². The fourth-order valence-corrected chi connectivity index (χ4v) is 2.09. The molecule has 0 aliphatic rings. The Hall–Kier alpha value is -1.49. The highest BCUT2D eigenvalue weighted by atomic mass is 16.5. The van der Waals surface area contributed by atoms with Gasteiger partial charge in [-0.25, -0.2) is 0 Å². The Morgan fingerprint density at radius 1 is 1.29 bits per heavy atom. The SMILES string of the molecule is CCOc1cc(C)c(C(C)CCC#N)cc1C. The second-order valence-electron chi connectivity index (χ2n) is 4.51. The molecule has 0 saturated carbocycles. The van der Waals surface area contributed by atoms with E-state index >= 15 is 0 Å². The van der Waals surface area contributed by atoms with Crippen LogP contribution in [0.5, 0.6) is 5.75 Å². The van der Waals surface area contributed by atoms with Crippen LogP contribution in [0.25, 0.3) is 0 Å². The van der Waals surface area contributed by atoms with E-state index in [1.807, 2.05) is 6.92 Å². The summed E-state index contributed by atoms with van der Waals surface area (Å²) in [5.41, 5.74) is 3.77. The van der Waals surface area contributed by atoms with Crippen LogP contribution in [0.15, 0.2) is 12.1 Å². The van der Waals surface area contributed by atoms with Gasteiger partial charge in [-0.05, 0) is 55.9 Å². The number of hydrogen-bond acceptors (Lipinski definition) is 2. The molecule has 17 heavy (non-hydrogen) atoms. The summed E-state index contributed by atoms with van der Waals surface area (Å²) in [6.07, 6.45) is 1.54. The lowest BCUT2D eigenvalue weighted by atomic mass is 9.91. The molecule has 0 spiro atoms. The third kappa shape index (κ3) is 3.49. The molecule has 0 aliphatic heterocycles. The van der Waals surface area contributed by atoms with Gasteiger partial charge >= 0.3 is 0 Å². The summed E-state index contributed by atoms with van der Waals surface area (Å²) >= 11 is 0. The zero-order valence-electron chi connectivity index (χ0n) is 11.2. The van der Waals surface area contributed by atoms with Crippen LogP contribution in [0.1, 0.15) is 49.3 Å². The maximum Gasteiger partial charge on any atom is 0.122 e. The molecule has 0 N–H and O–H groups in total. The Kier molecular flexibility index (Phi) is 5.03. The van der Waals surface area contributed by atoms with E-state index in [0.29, 0.717) is 18.9 Å². The van der Waals surface area contributed by atoms with Crippen LogP contribution in [0.4, 0.5) is 0 Å². The van der Waals surface area contributed by atoms with Gasteiger partial charge in [0.15, 0.2) is 0 Å². The standard InChI is InChI=1S/C15H21NO/c1-5-17-15-10-12(3)14(9-13(15)4)11(2)7-6-8-16/h9-11H,5-7H2,1-4H3. The molecule has 0 radical (unpaired) electrons. The Morgan fingerprint density at radius 2 is 2.00 bits per heavy atom. The summed E-state index contributed by atoms with van der Waals surface area (Å²) in [6.45, 7) is 9.06. The van der Waals surface area contributed by atoms with Gasteiger partial charge in [-0.15, -0.1) is 0 Å². The summed E-state index contributed by atoms with van der Waals surface area (Å²) in [5, 5.41) is 8.63. The maximum atomic E-state index is 8.63. The number of ether oxygens (including phenoxy) is 1. The average Bonchev–Trinajstić information content (AvgIpc) is 2.30. The number of rotatable bonds is 5. The van der Waals surface area contributed by atoms with E-state index in [4.69, 9.17) is 10.00 Å². The normalized spacial score (nSPS) is 11.9. The third-order valence-corrected chi connectivity index (χ3v) is 3.08. The molecule has 1 aromatic carbocycles. The number of nitriles is 1. The quantitative estimate of drug-likeness (QED) is 0.764. The van der Waals surface area contributed by atoms with Gasteiger partial charge in [-0.2, -0.15) is 5.26 Å². The number of hydrogen-bond donors (Lipinski definition) is 0. The van der Waals surface area contributed by atoms with Gasteiger partial charge in [-0.3, -0.25) is 0 Å². The minimum Gasteiger partial charge on any atom is -0.494 e. The molecule has 1 atom stereocenters. The van der Waals surface area contributed by atoms with Gasteiger partial charge in [0.05, 0.1) is 12.7 Å². The number of aryl methyl sites for hydroxylation is 2. The first kappa shape index (κ1) is 13.6. The second kappa shape index (κ2) is 6.30. The summed E-state index contributed by atoms with van der Waals surface area (Å²) in [4.78, 5) is 0. The lowest BCUT2D eigenvalue weighted by molar-refractivity contribution is 0.337. The van der Waals surface area contributed by atoms with Gasteiger partial charge in [0.2, 0.25) is 0 Å². The molecule has 0 fully saturated rings. The van der Waals surface area contributed by atoms with Gasteiger partial charge in [0.25, 0.3) is 0 Å². The van der Waals surface area contributed by atoms with Crippen molar-refractivity contribution in [3.05, 3.63) is 28.8 Å². The van der Waals surface area contributed by atoms with E-state index in [9.17, 15) is 0 Å². The Balaban J connectivity index is 2.94. The Morgan fingerprint density at radius 3 is 2.59 bits per heavy atom. The highest BCUT2D eigenvalue weighted by Gasteiger charge is 2.11. The first-order valence-electron chi connectivity index (χ1n) is 6.21. The zero-order valence-corrected chi connectivity index (χ0v) is 11.2. The van der Waals surface area contributed by atoms with Crippen LogP contribution in [0.2, 0.25) is 0 Å². The molecule has 0 amide bonds. The van der Waals surface area contributed by atoms with Crippen molar-refractivity contribution < 1.29 is 4.74 Å². The molecule has 0 aliphatic carbocycles. The third-order valence-electron chi connectivity index (χ3n) is 3.08. The molecule has 1 rings (SSSR count). The molecule has 0 heterocycles. The predicted octanol–water partition coefficient (Wildman–Crippen LogP) is 4.11. The highest BCUT2D eigenvalue weighted by molar-refractivity contribution is 5.42.